The molecule has 2 aromatic rings. The highest BCUT2D eigenvalue weighted by molar-refractivity contribution is 5.92. The molecule has 2 fully saturated rings. The lowest BCUT2D eigenvalue weighted by molar-refractivity contribution is -0.122. The maximum Gasteiger partial charge on any atom is 0.164 e. The highest BCUT2D eigenvalue weighted by Crippen LogP contribution is 2.49. The molecule has 0 bridgehead atoms. The van der Waals surface area contributed by atoms with E-state index in [1.165, 1.54) is 0 Å². The predicted molar refractivity (Wildman–Crippen MR) is 80.1 cm³/mol. The molecule has 2 aliphatic rings. The summed E-state index contributed by atoms with van der Waals surface area (Å²) in [7, 11) is 0. The molecular formula is C17H19N3O2. The van der Waals surface area contributed by atoms with Crippen LogP contribution in [-0.4, -0.2) is 25.9 Å². The van der Waals surface area contributed by atoms with Crippen LogP contribution in [0, 0.1) is 5.92 Å². The van der Waals surface area contributed by atoms with Crippen LogP contribution >= 0.6 is 0 Å². The van der Waals surface area contributed by atoms with Gasteiger partial charge in [0.25, 0.3) is 0 Å². The molecule has 0 radical (unpaired) electrons. The molecule has 1 unspecified atom stereocenters. The summed E-state index contributed by atoms with van der Waals surface area (Å²) in [6.07, 6.45) is 5.08. The molecule has 2 aliphatic carbocycles. The maximum atomic E-state index is 12.7. The van der Waals surface area contributed by atoms with Gasteiger partial charge < -0.3 is 5.11 Å². The van der Waals surface area contributed by atoms with Gasteiger partial charge in [-0.15, -0.1) is 5.10 Å². The quantitative estimate of drug-likeness (QED) is 0.885. The first-order valence-corrected chi connectivity index (χ1v) is 7.86. The maximum absolute atomic E-state index is 12.7. The summed E-state index contributed by atoms with van der Waals surface area (Å²) in [4.78, 5) is 12.7. The Hall–Kier alpha value is -2.01. The number of hydrogen-bond donors (Lipinski definition) is 1. The van der Waals surface area contributed by atoms with Crippen LogP contribution in [0.5, 0.6) is 0 Å². The van der Waals surface area contributed by atoms with Crippen molar-refractivity contribution in [3.05, 3.63) is 47.8 Å². The van der Waals surface area contributed by atoms with E-state index in [0.29, 0.717) is 11.6 Å². The Morgan fingerprint density at radius 3 is 2.68 bits per heavy atom. The molecule has 0 aliphatic heterocycles. The molecule has 1 aromatic heterocycles. The van der Waals surface area contributed by atoms with Crippen molar-refractivity contribution >= 4 is 5.78 Å². The van der Waals surface area contributed by atoms with Gasteiger partial charge in [0.15, 0.2) is 5.78 Å². The molecule has 2 saturated carbocycles. The molecule has 5 nitrogen and oxygen atoms in total. The van der Waals surface area contributed by atoms with Crippen LogP contribution in [0.2, 0.25) is 0 Å². The standard InChI is InChI=1S/C17H19N3O2/c21-15(17(8-9-17)13-4-2-1-3-5-13)11-20-10-14(18-19-20)16(22)12-6-7-12/h1-5,10,12,16,22H,6-9,11H2. The number of hydrogen-bond acceptors (Lipinski definition) is 4. The number of nitrogens with zero attached hydrogens (tertiary/aromatic N) is 3. The third-order valence-electron chi connectivity index (χ3n) is 4.84. The van der Waals surface area contributed by atoms with Gasteiger partial charge >= 0.3 is 0 Å². The zero-order valence-corrected chi connectivity index (χ0v) is 12.4. The van der Waals surface area contributed by atoms with Gasteiger partial charge in [-0.25, -0.2) is 4.68 Å². The van der Waals surface area contributed by atoms with Crippen LogP contribution in [-0.2, 0) is 16.8 Å². The Bertz CT molecular complexity index is 687. The van der Waals surface area contributed by atoms with E-state index in [-0.39, 0.29) is 17.7 Å². The van der Waals surface area contributed by atoms with Crippen molar-refractivity contribution in [3.8, 4) is 0 Å². The lowest BCUT2D eigenvalue weighted by Gasteiger charge is -2.14. The Morgan fingerprint density at radius 1 is 1.32 bits per heavy atom. The summed E-state index contributed by atoms with van der Waals surface area (Å²) in [6, 6.07) is 9.96. The van der Waals surface area contributed by atoms with Gasteiger partial charge in [0.05, 0.1) is 11.6 Å². The van der Waals surface area contributed by atoms with Crippen LogP contribution in [0.4, 0.5) is 0 Å². The summed E-state index contributed by atoms with van der Waals surface area (Å²) in [5, 5.41) is 18.1. The average molecular weight is 297 g/mol. The molecule has 1 N–H and O–H groups in total. The SMILES string of the molecule is O=C(Cn1cc(C(O)C2CC2)nn1)C1(c2ccccc2)CC1. The molecule has 0 saturated heterocycles. The van der Waals surface area contributed by atoms with E-state index >= 15 is 0 Å². The number of aliphatic hydroxyl groups excluding tert-OH is 1. The fourth-order valence-electron chi connectivity index (χ4n) is 3.09. The fraction of sp³-hybridized carbons (Fsp3) is 0.471. The third kappa shape index (κ3) is 2.35. The molecule has 1 aromatic carbocycles. The van der Waals surface area contributed by atoms with E-state index < -0.39 is 6.10 Å². The van der Waals surface area contributed by atoms with Crippen molar-refractivity contribution in [1.82, 2.24) is 15.0 Å². The number of carbonyl (C=O) groups excluding carboxylic acids is 1. The van der Waals surface area contributed by atoms with Crippen LogP contribution in [0.25, 0.3) is 0 Å². The number of benzene rings is 1. The second-order valence-electron chi connectivity index (χ2n) is 6.49. The second kappa shape index (κ2) is 5.02. The van der Waals surface area contributed by atoms with Crippen LogP contribution < -0.4 is 0 Å². The van der Waals surface area contributed by atoms with Gasteiger partial charge in [-0.3, -0.25) is 4.79 Å². The highest BCUT2D eigenvalue weighted by atomic mass is 16.3. The average Bonchev–Trinajstić information content (AvgIpc) is 3.45. The predicted octanol–water partition coefficient (Wildman–Crippen LogP) is 2.02. The van der Waals surface area contributed by atoms with Crippen molar-refractivity contribution in [2.45, 2.75) is 43.7 Å². The van der Waals surface area contributed by atoms with Crippen molar-refractivity contribution < 1.29 is 9.90 Å². The topological polar surface area (TPSA) is 68.0 Å². The van der Waals surface area contributed by atoms with Gasteiger partial charge in [0.2, 0.25) is 0 Å². The molecule has 114 valence electrons. The lowest BCUT2D eigenvalue weighted by Crippen LogP contribution is -2.25. The normalized spacial score (nSPS) is 20.6. The van der Waals surface area contributed by atoms with Gasteiger partial charge in [-0.05, 0) is 37.2 Å². The number of Topliss-reactive ketones (excluding diaryl/α,β-unsaturated/α-hetero) is 1. The number of ketones is 1. The second-order valence-corrected chi connectivity index (χ2v) is 6.49. The third-order valence-corrected chi connectivity index (χ3v) is 4.84. The van der Waals surface area contributed by atoms with Gasteiger partial charge in [0.1, 0.15) is 18.3 Å². The van der Waals surface area contributed by atoms with E-state index in [1.54, 1.807) is 10.9 Å². The Labute approximate surface area is 129 Å². The van der Waals surface area contributed by atoms with Crippen molar-refractivity contribution in [1.29, 1.82) is 0 Å². The van der Waals surface area contributed by atoms with Gasteiger partial charge in [0, 0.05) is 0 Å². The smallest absolute Gasteiger partial charge is 0.164 e. The molecule has 1 atom stereocenters. The number of aromatic nitrogens is 3. The van der Waals surface area contributed by atoms with E-state index in [9.17, 15) is 9.90 Å². The van der Waals surface area contributed by atoms with Crippen LogP contribution in [0.15, 0.2) is 36.5 Å². The first-order chi connectivity index (χ1) is 10.7. The Balaban J connectivity index is 1.48. The minimum atomic E-state index is -0.534. The minimum Gasteiger partial charge on any atom is -0.386 e. The van der Waals surface area contributed by atoms with E-state index in [2.05, 4.69) is 10.3 Å². The Kier molecular flexibility index (Phi) is 3.11. The van der Waals surface area contributed by atoms with Crippen molar-refractivity contribution in [3.63, 3.8) is 0 Å². The van der Waals surface area contributed by atoms with Crippen molar-refractivity contribution in [2.24, 2.45) is 5.92 Å². The minimum absolute atomic E-state index is 0.177. The summed E-state index contributed by atoms with van der Waals surface area (Å²) >= 11 is 0. The van der Waals surface area contributed by atoms with E-state index in [4.69, 9.17) is 0 Å². The molecule has 22 heavy (non-hydrogen) atoms. The molecule has 4 rings (SSSR count). The zero-order chi connectivity index (χ0) is 15.2. The van der Waals surface area contributed by atoms with Gasteiger partial charge in [-0.1, -0.05) is 35.5 Å². The highest BCUT2D eigenvalue weighted by Gasteiger charge is 2.50. The fourth-order valence-corrected chi connectivity index (χ4v) is 3.09. The zero-order valence-electron chi connectivity index (χ0n) is 12.4. The number of aliphatic hydroxyl groups is 1. The monoisotopic (exact) mass is 297 g/mol. The first kappa shape index (κ1) is 13.6. The van der Waals surface area contributed by atoms with Crippen molar-refractivity contribution in [2.75, 3.05) is 0 Å². The number of carbonyl (C=O) groups is 1. The summed E-state index contributed by atoms with van der Waals surface area (Å²) < 4.78 is 1.56. The molecule has 5 heteroatoms. The summed E-state index contributed by atoms with van der Waals surface area (Å²) in [5.41, 5.74) is 1.35. The lowest BCUT2D eigenvalue weighted by atomic mass is 9.91. The summed E-state index contributed by atoms with van der Waals surface area (Å²) in [5.74, 6) is 0.496. The molecule has 0 spiro atoms. The van der Waals surface area contributed by atoms with E-state index in [0.717, 1.165) is 31.2 Å². The van der Waals surface area contributed by atoms with Gasteiger partial charge in [-0.2, -0.15) is 0 Å². The first-order valence-electron chi connectivity index (χ1n) is 7.86. The van der Waals surface area contributed by atoms with Crippen LogP contribution in [0.3, 0.4) is 0 Å². The summed E-state index contributed by atoms with van der Waals surface area (Å²) in [6.45, 7) is 0.222. The van der Waals surface area contributed by atoms with E-state index in [1.807, 2.05) is 30.3 Å². The molecular weight excluding hydrogens is 278 g/mol. The number of rotatable bonds is 6. The molecule has 0 amide bonds. The van der Waals surface area contributed by atoms with Crippen LogP contribution in [0.1, 0.15) is 43.0 Å². The largest absolute Gasteiger partial charge is 0.386 e. The molecule has 1 heterocycles. The Morgan fingerprint density at radius 2 is 2.05 bits per heavy atom.